The van der Waals surface area contributed by atoms with Gasteiger partial charge in [0.15, 0.2) is 0 Å². The molecule has 4 bridgehead atoms. The van der Waals surface area contributed by atoms with Gasteiger partial charge in [-0.25, -0.2) is 0 Å². The second kappa shape index (κ2) is 12.6. The first-order valence-electron chi connectivity index (χ1n) is 16.8. The van der Waals surface area contributed by atoms with E-state index in [1.54, 1.807) is 0 Å². The van der Waals surface area contributed by atoms with Crippen LogP contribution in [0.4, 0.5) is 0 Å². The number of amides is 2. The van der Waals surface area contributed by atoms with Crippen LogP contribution in [0.2, 0.25) is 10.0 Å². The van der Waals surface area contributed by atoms with Crippen LogP contribution in [0.15, 0.2) is 48.5 Å². The van der Waals surface area contributed by atoms with Gasteiger partial charge in [-0.05, 0) is 126 Å². The summed E-state index contributed by atoms with van der Waals surface area (Å²) in [5.74, 6) is 0.715. The third kappa shape index (κ3) is 5.81. The summed E-state index contributed by atoms with van der Waals surface area (Å²) in [5.41, 5.74) is 2.45. The topological polar surface area (TPSA) is 64.7 Å². The van der Waals surface area contributed by atoms with Crippen molar-refractivity contribution in [2.24, 2.45) is 11.8 Å². The van der Waals surface area contributed by atoms with E-state index >= 15 is 0 Å². The molecule has 8 atom stereocenters. The molecule has 1 aliphatic carbocycles. The van der Waals surface area contributed by atoms with Crippen LogP contribution in [-0.4, -0.2) is 72.0 Å². The number of benzene rings is 2. The maximum Gasteiger partial charge on any atom is 0.225 e. The molecule has 2 aromatic rings. The van der Waals surface area contributed by atoms with Crippen molar-refractivity contribution in [1.82, 2.24) is 20.4 Å². The van der Waals surface area contributed by atoms with Gasteiger partial charge in [0, 0.05) is 46.3 Å². The zero-order valence-corrected chi connectivity index (χ0v) is 27.4. The smallest absolute Gasteiger partial charge is 0.225 e. The monoisotopic (exact) mass is 636 g/mol. The highest BCUT2D eigenvalue weighted by Crippen LogP contribution is 2.48. The van der Waals surface area contributed by atoms with Crippen LogP contribution in [0.1, 0.15) is 87.2 Å². The maximum absolute atomic E-state index is 14.0. The molecule has 5 fully saturated rings. The molecule has 2 aromatic carbocycles. The summed E-state index contributed by atoms with van der Waals surface area (Å²) in [4.78, 5) is 32.8. The van der Waals surface area contributed by atoms with Crippen LogP contribution >= 0.6 is 23.2 Å². The Kier molecular flexibility index (Phi) is 8.73. The van der Waals surface area contributed by atoms with E-state index in [9.17, 15) is 9.59 Å². The molecule has 4 aliphatic heterocycles. The minimum atomic E-state index is -0.0549. The van der Waals surface area contributed by atoms with E-state index in [0.29, 0.717) is 12.1 Å². The summed E-state index contributed by atoms with van der Waals surface area (Å²) in [5, 5.41) is 8.43. The van der Waals surface area contributed by atoms with E-state index < -0.39 is 0 Å². The van der Waals surface area contributed by atoms with Gasteiger partial charge in [0.05, 0.1) is 11.8 Å². The van der Waals surface area contributed by atoms with Crippen molar-refractivity contribution in [2.75, 3.05) is 14.1 Å². The highest BCUT2D eigenvalue weighted by atomic mass is 35.5. The number of piperidine rings is 2. The van der Waals surface area contributed by atoms with Gasteiger partial charge in [0.1, 0.15) is 0 Å². The molecule has 0 spiro atoms. The summed E-state index contributed by atoms with van der Waals surface area (Å²) >= 11 is 12.4. The summed E-state index contributed by atoms with van der Waals surface area (Å²) < 4.78 is 0. The fourth-order valence-electron chi connectivity index (χ4n) is 9.73. The number of hydrogen-bond acceptors (Lipinski definition) is 4. The van der Waals surface area contributed by atoms with Crippen molar-refractivity contribution in [3.05, 3.63) is 69.7 Å². The van der Waals surface area contributed by atoms with Crippen molar-refractivity contribution < 1.29 is 9.59 Å². The quantitative estimate of drug-likeness (QED) is 0.387. The lowest BCUT2D eigenvalue weighted by Crippen LogP contribution is -2.55. The van der Waals surface area contributed by atoms with Gasteiger partial charge in [-0.15, -0.1) is 0 Å². The van der Waals surface area contributed by atoms with E-state index in [4.69, 9.17) is 23.2 Å². The summed E-state index contributed by atoms with van der Waals surface area (Å²) in [6.07, 6.45) is 10.1. The molecule has 4 saturated heterocycles. The molecule has 44 heavy (non-hydrogen) atoms. The molecular formula is C36H46Cl2N4O2. The van der Waals surface area contributed by atoms with Crippen molar-refractivity contribution >= 4 is 35.0 Å². The lowest BCUT2D eigenvalue weighted by molar-refractivity contribution is -0.132. The molecule has 7 rings (SSSR count). The molecule has 2 N–H and O–H groups in total. The average Bonchev–Trinajstić information content (AvgIpc) is 3.38. The summed E-state index contributed by atoms with van der Waals surface area (Å²) in [6.45, 7) is 0. The molecule has 1 saturated carbocycles. The minimum Gasteiger partial charge on any atom is -0.353 e. The summed E-state index contributed by atoms with van der Waals surface area (Å²) in [6, 6.07) is 18.2. The lowest BCUT2D eigenvalue weighted by Gasteiger charge is -2.44. The molecule has 8 heteroatoms. The van der Waals surface area contributed by atoms with E-state index in [2.05, 4.69) is 58.8 Å². The maximum atomic E-state index is 14.0. The fourth-order valence-corrected chi connectivity index (χ4v) is 9.98. The number of carbonyl (C=O) groups excluding carboxylic acids is 2. The van der Waals surface area contributed by atoms with Crippen LogP contribution < -0.4 is 10.6 Å². The number of hydrogen-bond donors (Lipinski definition) is 2. The number of fused-ring (bicyclic) bond motifs is 4. The van der Waals surface area contributed by atoms with Gasteiger partial charge in [0.25, 0.3) is 0 Å². The van der Waals surface area contributed by atoms with Gasteiger partial charge in [-0.1, -0.05) is 47.5 Å². The lowest BCUT2D eigenvalue weighted by atomic mass is 9.75. The Morgan fingerprint density at radius 1 is 0.591 bits per heavy atom. The van der Waals surface area contributed by atoms with E-state index in [1.807, 2.05) is 24.3 Å². The van der Waals surface area contributed by atoms with E-state index in [-0.39, 0.29) is 59.7 Å². The van der Waals surface area contributed by atoms with Crippen LogP contribution in [0.25, 0.3) is 0 Å². The molecule has 0 radical (unpaired) electrons. The highest BCUT2D eigenvalue weighted by Gasteiger charge is 2.50. The van der Waals surface area contributed by atoms with Crippen LogP contribution in [0.3, 0.4) is 0 Å². The Morgan fingerprint density at radius 3 is 1.32 bits per heavy atom. The Hall–Kier alpha value is -2.12. The second-order valence-corrected chi connectivity index (χ2v) is 15.2. The number of nitrogens with one attached hydrogen (secondary N) is 2. The van der Waals surface area contributed by atoms with Gasteiger partial charge in [-0.2, -0.15) is 0 Å². The van der Waals surface area contributed by atoms with Crippen LogP contribution in [-0.2, 0) is 9.59 Å². The predicted molar refractivity (Wildman–Crippen MR) is 176 cm³/mol. The number of halogens is 2. The largest absolute Gasteiger partial charge is 0.353 e. The number of carbonyl (C=O) groups is 2. The standard InChI is InChI=1S/C36H46Cl2N4O2/c1-41-27-15-17-31(41)33(29(19-27)21-3-7-23(37)8-4-21)35(43)39-25-11-13-26(14-12-25)40-36(44)34-30(22-5-9-24(38)10-6-22)20-28-16-18-32(34)42(28)2/h3-10,25-34H,11-20H2,1-2H3,(H,39,43)(H,40,44)/t25?,26?,27?,28?,29-,30-,31?,32?,33-,34+/m1/s1. The molecule has 0 aromatic heterocycles. The summed E-state index contributed by atoms with van der Waals surface area (Å²) in [7, 11) is 4.39. The van der Waals surface area contributed by atoms with E-state index in [1.165, 1.54) is 11.1 Å². The minimum absolute atomic E-state index is 0.0549. The Labute approximate surface area is 272 Å². The number of rotatable bonds is 6. The van der Waals surface area contributed by atoms with Gasteiger partial charge >= 0.3 is 0 Å². The Balaban J connectivity index is 0.983. The van der Waals surface area contributed by atoms with E-state index in [0.717, 1.165) is 74.3 Å². The molecular weight excluding hydrogens is 591 g/mol. The number of nitrogens with zero attached hydrogens (tertiary/aromatic N) is 2. The zero-order valence-electron chi connectivity index (χ0n) is 25.9. The van der Waals surface area contributed by atoms with Gasteiger partial charge < -0.3 is 10.6 Å². The first-order chi connectivity index (χ1) is 21.3. The molecule has 236 valence electrons. The van der Waals surface area contributed by atoms with Crippen molar-refractivity contribution in [1.29, 1.82) is 0 Å². The SMILES string of the molecule is CN1C2CCC1[C@@H](C(=O)NC1CCC(NC(=O)[C@H]3C4CCC(C[C@@H]3c3ccc(Cl)cc3)N4C)CC1)[C@@H](c1ccc(Cl)cc1)C2. The molecule has 6 nitrogen and oxygen atoms in total. The normalized spacial score (nSPS) is 37.1. The molecule has 2 amide bonds. The van der Waals surface area contributed by atoms with Gasteiger partial charge in [0.2, 0.25) is 11.8 Å². The van der Waals surface area contributed by atoms with Crippen molar-refractivity contribution in [3.63, 3.8) is 0 Å². The predicted octanol–water partition coefficient (Wildman–Crippen LogP) is 6.37. The van der Waals surface area contributed by atoms with Crippen molar-refractivity contribution in [2.45, 2.75) is 112 Å². The van der Waals surface area contributed by atoms with Crippen LogP contribution in [0.5, 0.6) is 0 Å². The molecule has 5 aliphatic rings. The molecule has 4 heterocycles. The van der Waals surface area contributed by atoms with Crippen molar-refractivity contribution in [3.8, 4) is 0 Å². The van der Waals surface area contributed by atoms with Gasteiger partial charge in [-0.3, -0.25) is 19.4 Å². The molecule has 4 unspecified atom stereocenters. The first-order valence-corrected chi connectivity index (χ1v) is 17.6. The van der Waals surface area contributed by atoms with Crippen LogP contribution in [0, 0.1) is 11.8 Å². The average molecular weight is 638 g/mol. The fraction of sp³-hybridized carbons (Fsp3) is 0.611. The first kappa shape index (κ1) is 30.5. The second-order valence-electron chi connectivity index (χ2n) is 14.3. The Morgan fingerprint density at radius 2 is 0.955 bits per heavy atom. The zero-order chi connectivity index (χ0) is 30.5. The highest BCUT2D eigenvalue weighted by molar-refractivity contribution is 6.30. The third-order valence-corrected chi connectivity index (χ3v) is 12.7. The third-order valence-electron chi connectivity index (χ3n) is 12.2. The Bertz CT molecular complexity index is 1240.